The molecule has 0 aromatic rings. The molecule has 0 spiro atoms. The zero-order chi connectivity index (χ0) is 13.1. The maximum Gasteiger partial charge on any atom is 0.475 e. The number of hydrogen-bond acceptors (Lipinski definition) is 5. The maximum absolute atomic E-state index is 12.0. The molecule has 1 rings (SSSR count). The summed E-state index contributed by atoms with van der Waals surface area (Å²) in [4.78, 5) is 10.8. The van der Waals surface area contributed by atoms with Gasteiger partial charge in [-0.1, -0.05) is 13.8 Å². The Bertz CT molecular complexity index is 312. The predicted octanol–water partition coefficient (Wildman–Crippen LogP) is 2.94. The molecule has 5 nitrogen and oxygen atoms in total. The molecule has 0 bridgehead atoms. The van der Waals surface area contributed by atoms with Crippen molar-refractivity contribution in [3.8, 4) is 0 Å². The highest BCUT2D eigenvalue weighted by atomic mass is 31.2. The molecule has 1 atom stereocenters. The van der Waals surface area contributed by atoms with E-state index in [-0.39, 0.29) is 17.3 Å². The van der Waals surface area contributed by atoms with Crippen molar-refractivity contribution < 1.29 is 22.9 Å². The van der Waals surface area contributed by atoms with Crippen LogP contribution < -0.4 is 0 Å². The number of hydrogen-bond donors (Lipinski definition) is 0. The Labute approximate surface area is 102 Å². The third-order valence-electron chi connectivity index (χ3n) is 2.44. The van der Waals surface area contributed by atoms with Crippen molar-refractivity contribution in [2.75, 3.05) is 13.2 Å². The van der Waals surface area contributed by atoms with Crippen LogP contribution in [0.3, 0.4) is 0 Å². The SMILES string of the molecule is CC(=O)CCC(C)OP1(=O)OCC(C)(C)CO1. The largest absolute Gasteiger partial charge is 0.475 e. The van der Waals surface area contributed by atoms with Gasteiger partial charge in [-0.2, -0.15) is 0 Å². The third-order valence-corrected chi connectivity index (χ3v) is 3.95. The highest BCUT2D eigenvalue weighted by Crippen LogP contribution is 2.55. The highest BCUT2D eigenvalue weighted by Gasteiger charge is 2.39. The van der Waals surface area contributed by atoms with E-state index in [9.17, 15) is 9.36 Å². The van der Waals surface area contributed by atoms with Crippen LogP contribution in [0.1, 0.15) is 40.5 Å². The van der Waals surface area contributed by atoms with E-state index in [0.29, 0.717) is 26.1 Å². The smallest absolute Gasteiger partial charge is 0.300 e. The Kier molecular flexibility index (Phi) is 4.90. The summed E-state index contributed by atoms with van der Waals surface area (Å²) in [6.07, 6.45) is 0.619. The van der Waals surface area contributed by atoms with Crippen molar-refractivity contribution in [3.63, 3.8) is 0 Å². The van der Waals surface area contributed by atoms with Crippen LogP contribution >= 0.6 is 7.82 Å². The lowest BCUT2D eigenvalue weighted by Gasteiger charge is -2.34. The van der Waals surface area contributed by atoms with Gasteiger partial charge in [0.05, 0.1) is 19.3 Å². The molecule has 0 radical (unpaired) electrons. The number of ketones is 1. The molecular weight excluding hydrogens is 243 g/mol. The molecule has 0 N–H and O–H groups in total. The van der Waals surface area contributed by atoms with Gasteiger partial charge in [-0.15, -0.1) is 0 Å². The summed E-state index contributed by atoms with van der Waals surface area (Å²) in [5.41, 5.74) is -0.139. The minimum atomic E-state index is -3.42. The van der Waals surface area contributed by atoms with Crippen LogP contribution in [0.15, 0.2) is 0 Å². The zero-order valence-corrected chi connectivity index (χ0v) is 11.8. The summed E-state index contributed by atoms with van der Waals surface area (Å²) >= 11 is 0. The van der Waals surface area contributed by atoms with E-state index < -0.39 is 7.82 Å². The van der Waals surface area contributed by atoms with Crippen molar-refractivity contribution in [2.24, 2.45) is 5.41 Å². The summed E-state index contributed by atoms with van der Waals surface area (Å²) in [5.74, 6) is 0.0883. The highest BCUT2D eigenvalue weighted by molar-refractivity contribution is 7.48. The maximum atomic E-state index is 12.0. The molecular formula is C11H21O5P. The Hall–Kier alpha value is -0.220. The molecule has 0 saturated carbocycles. The van der Waals surface area contributed by atoms with Gasteiger partial charge in [0.2, 0.25) is 0 Å². The van der Waals surface area contributed by atoms with Crippen molar-refractivity contribution >= 4 is 13.6 Å². The molecule has 1 aliphatic rings. The molecule has 1 heterocycles. The minimum Gasteiger partial charge on any atom is -0.300 e. The van der Waals surface area contributed by atoms with E-state index in [4.69, 9.17) is 13.6 Å². The summed E-state index contributed by atoms with van der Waals surface area (Å²) in [6.45, 7) is 7.92. The van der Waals surface area contributed by atoms with E-state index in [1.165, 1.54) is 6.92 Å². The Morgan fingerprint density at radius 1 is 1.41 bits per heavy atom. The van der Waals surface area contributed by atoms with Gasteiger partial charge in [-0.25, -0.2) is 4.57 Å². The van der Waals surface area contributed by atoms with Crippen LogP contribution in [0, 0.1) is 5.41 Å². The molecule has 1 fully saturated rings. The Balaban J connectivity index is 2.40. The summed E-state index contributed by atoms with van der Waals surface area (Å²) in [5, 5.41) is 0. The van der Waals surface area contributed by atoms with Crippen molar-refractivity contribution in [1.82, 2.24) is 0 Å². The topological polar surface area (TPSA) is 61.8 Å². The quantitative estimate of drug-likeness (QED) is 0.714. The summed E-state index contributed by atoms with van der Waals surface area (Å²) in [7, 11) is -3.42. The summed E-state index contributed by atoms with van der Waals surface area (Å²) < 4.78 is 27.7. The van der Waals surface area contributed by atoms with E-state index in [1.807, 2.05) is 13.8 Å². The molecule has 1 aliphatic heterocycles. The van der Waals surface area contributed by atoms with Crippen LogP contribution in [-0.2, 0) is 22.9 Å². The fourth-order valence-electron chi connectivity index (χ4n) is 1.33. The molecule has 17 heavy (non-hydrogen) atoms. The first-order chi connectivity index (χ1) is 7.72. The average molecular weight is 264 g/mol. The van der Waals surface area contributed by atoms with Gasteiger partial charge in [0.25, 0.3) is 0 Å². The molecule has 1 unspecified atom stereocenters. The average Bonchev–Trinajstić information content (AvgIpc) is 2.21. The molecule has 0 amide bonds. The zero-order valence-electron chi connectivity index (χ0n) is 10.9. The second-order valence-corrected chi connectivity index (χ2v) is 6.94. The minimum absolute atomic E-state index is 0.0883. The standard InChI is InChI=1S/C11H21O5P/c1-9(12)5-6-10(2)16-17(13)14-7-11(3,4)8-15-17/h10H,5-8H2,1-4H3. The molecule has 100 valence electrons. The van der Waals surface area contributed by atoms with E-state index in [1.54, 1.807) is 6.92 Å². The Morgan fingerprint density at radius 2 is 1.94 bits per heavy atom. The molecule has 1 saturated heterocycles. The molecule has 6 heteroatoms. The van der Waals surface area contributed by atoms with Gasteiger partial charge in [0.1, 0.15) is 5.78 Å². The first kappa shape index (κ1) is 14.8. The van der Waals surface area contributed by atoms with Crippen LogP contribution in [0.5, 0.6) is 0 Å². The van der Waals surface area contributed by atoms with Crippen LogP contribution in [0.25, 0.3) is 0 Å². The van der Waals surface area contributed by atoms with Crippen LogP contribution in [-0.4, -0.2) is 25.1 Å². The summed E-state index contributed by atoms with van der Waals surface area (Å²) in [6, 6.07) is 0. The molecule has 0 aromatic heterocycles. The van der Waals surface area contributed by atoms with Gasteiger partial charge in [-0.05, 0) is 20.3 Å². The Morgan fingerprint density at radius 3 is 2.41 bits per heavy atom. The number of phosphoric ester groups is 1. The number of carbonyl (C=O) groups is 1. The first-order valence-corrected chi connectivity index (χ1v) is 7.25. The van der Waals surface area contributed by atoms with Crippen molar-refractivity contribution in [1.29, 1.82) is 0 Å². The fourth-order valence-corrected chi connectivity index (χ4v) is 3.08. The fraction of sp³-hybridized carbons (Fsp3) is 0.909. The van der Waals surface area contributed by atoms with Gasteiger partial charge >= 0.3 is 7.82 Å². The van der Waals surface area contributed by atoms with Crippen LogP contribution in [0.2, 0.25) is 0 Å². The first-order valence-electron chi connectivity index (χ1n) is 5.79. The van der Waals surface area contributed by atoms with Crippen molar-refractivity contribution in [2.45, 2.75) is 46.6 Å². The number of Topliss-reactive ketones (excluding diaryl/α,β-unsaturated/α-hetero) is 1. The lowest BCUT2D eigenvalue weighted by atomic mass is 9.97. The lowest BCUT2D eigenvalue weighted by Crippen LogP contribution is -2.30. The normalized spacial score (nSPS) is 24.2. The van der Waals surface area contributed by atoms with Gasteiger partial charge < -0.3 is 4.79 Å². The van der Waals surface area contributed by atoms with Crippen LogP contribution in [0.4, 0.5) is 0 Å². The number of rotatable bonds is 5. The second kappa shape index (κ2) is 5.61. The van der Waals surface area contributed by atoms with E-state index >= 15 is 0 Å². The monoisotopic (exact) mass is 264 g/mol. The van der Waals surface area contributed by atoms with Gasteiger partial charge in [-0.3, -0.25) is 13.6 Å². The van der Waals surface area contributed by atoms with Gasteiger partial charge in [0, 0.05) is 11.8 Å². The second-order valence-electron chi connectivity index (χ2n) is 5.32. The predicted molar refractivity (Wildman–Crippen MR) is 63.8 cm³/mol. The van der Waals surface area contributed by atoms with Crippen molar-refractivity contribution in [3.05, 3.63) is 0 Å². The number of phosphoric acid groups is 1. The molecule has 0 aliphatic carbocycles. The third kappa shape index (κ3) is 5.30. The number of carbonyl (C=O) groups excluding carboxylic acids is 1. The lowest BCUT2D eigenvalue weighted by molar-refractivity contribution is -0.117. The van der Waals surface area contributed by atoms with E-state index in [2.05, 4.69) is 0 Å². The van der Waals surface area contributed by atoms with Gasteiger partial charge in [0.15, 0.2) is 0 Å². The van der Waals surface area contributed by atoms with E-state index in [0.717, 1.165) is 0 Å². The molecule has 0 aromatic carbocycles.